The summed E-state index contributed by atoms with van der Waals surface area (Å²) in [5, 5.41) is 19.2. The molecular weight excluding hydrogens is 224 g/mol. The molecule has 2 aliphatic rings. The summed E-state index contributed by atoms with van der Waals surface area (Å²) in [5.74, 6) is -0.917. The van der Waals surface area contributed by atoms with E-state index >= 15 is 0 Å². The van der Waals surface area contributed by atoms with Gasteiger partial charge in [0.1, 0.15) is 12.2 Å². The molecule has 0 saturated carbocycles. The minimum Gasteiger partial charge on any atom is -0.459 e. The van der Waals surface area contributed by atoms with Crippen molar-refractivity contribution in [1.29, 1.82) is 0 Å². The molecule has 3 unspecified atom stereocenters. The van der Waals surface area contributed by atoms with Crippen molar-refractivity contribution in [3.05, 3.63) is 11.1 Å². The van der Waals surface area contributed by atoms with Crippen LogP contribution in [0.25, 0.3) is 0 Å². The van der Waals surface area contributed by atoms with Crippen molar-refractivity contribution < 1.29 is 24.5 Å². The molecule has 0 fully saturated rings. The van der Waals surface area contributed by atoms with Crippen LogP contribution in [0.5, 0.6) is 0 Å². The van der Waals surface area contributed by atoms with Gasteiger partial charge in [0.15, 0.2) is 5.78 Å². The largest absolute Gasteiger partial charge is 0.459 e. The zero-order valence-corrected chi connectivity index (χ0v) is 9.68. The van der Waals surface area contributed by atoms with E-state index in [9.17, 15) is 19.8 Å². The van der Waals surface area contributed by atoms with Gasteiger partial charge in [-0.2, -0.15) is 0 Å². The summed E-state index contributed by atoms with van der Waals surface area (Å²) in [4.78, 5) is 23.5. The van der Waals surface area contributed by atoms with Crippen LogP contribution >= 0.6 is 0 Å². The van der Waals surface area contributed by atoms with Crippen LogP contribution < -0.4 is 0 Å². The molecule has 0 aromatic heterocycles. The van der Waals surface area contributed by atoms with Gasteiger partial charge in [-0.05, 0) is 6.42 Å². The van der Waals surface area contributed by atoms with E-state index in [0.717, 1.165) is 6.42 Å². The number of esters is 1. The van der Waals surface area contributed by atoms with Crippen LogP contribution in [-0.4, -0.2) is 40.3 Å². The van der Waals surface area contributed by atoms with Gasteiger partial charge in [0.2, 0.25) is 0 Å². The van der Waals surface area contributed by atoms with Gasteiger partial charge in [0, 0.05) is 18.4 Å². The van der Waals surface area contributed by atoms with Crippen molar-refractivity contribution in [2.24, 2.45) is 0 Å². The van der Waals surface area contributed by atoms with Crippen LogP contribution in [0.3, 0.4) is 0 Å². The number of Topliss-reactive ketones (excluding diaryl/α,β-unsaturated/α-hetero) is 1. The minimum absolute atomic E-state index is 0.0406. The molecule has 0 bridgehead atoms. The lowest BCUT2D eigenvalue weighted by atomic mass is 9.82. The summed E-state index contributed by atoms with van der Waals surface area (Å²) in [6.07, 6.45) is -0.968. The molecule has 0 aromatic carbocycles. The van der Waals surface area contributed by atoms with Gasteiger partial charge < -0.3 is 14.9 Å². The third-order valence-electron chi connectivity index (χ3n) is 3.25. The number of aliphatic hydroxyl groups excluding tert-OH is 2. The smallest absolute Gasteiger partial charge is 0.337 e. The Morgan fingerprint density at radius 2 is 2.00 bits per heavy atom. The van der Waals surface area contributed by atoms with E-state index in [0.29, 0.717) is 18.4 Å². The quantitative estimate of drug-likeness (QED) is 0.668. The van der Waals surface area contributed by atoms with Gasteiger partial charge in [-0.3, -0.25) is 4.79 Å². The highest BCUT2D eigenvalue weighted by Gasteiger charge is 2.42. The van der Waals surface area contributed by atoms with E-state index in [1.54, 1.807) is 0 Å². The van der Waals surface area contributed by atoms with E-state index in [4.69, 9.17) is 4.74 Å². The maximum atomic E-state index is 11.7. The summed E-state index contributed by atoms with van der Waals surface area (Å²) in [6, 6.07) is 0. The zero-order chi connectivity index (χ0) is 12.6. The molecule has 0 amide bonds. The molecule has 1 aliphatic carbocycles. The number of ketones is 1. The lowest BCUT2D eigenvalue weighted by molar-refractivity contribution is -0.151. The van der Waals surface area contributed by atoms with Gasteiger partial charge in [-0.1, -0.05) is 13.3 Å². The van der Waals surface area contributed by atoms with Gasteiger partial charge in [-0.15, -0.1) is 0 Å². The first-order valence-electron chi connectivity index (χ1n) is 5.88. The molecule has 2 rings (SSSR count). The van der Waals surface area contributed by atoms with Gasteiger partial charge in [0.25, 0.3) is 0 Å². The Balaban J connectivity index is 2.32. The van der Waals surface area contributed by atoms with Gasteiger partial charge >= 0.3 is 5.97 Å². The number of rotatable bonds is 2. The fourth-order valence-electron chi connectivity index (χ4n) is 2.38. The second-order valence-corrected chi connectivity index (χ2v) is 4.55. The molecule has 1 aliphatic heterocycles. The van der Waals surface area contributed by atoms with E-state index < -0.39 is 18.2 Å². The number of hydrogen-bond donors (Lipinski definition) is 2. The molecule has 5 heteroatoms. The molecule has 0 aromatic rings. The highest BCUT2D eigenvalue weighted by Crippen LogP contribution is 2.32. The van der Waals surface area contributed by atoms with Crippen LogP contribution in [0.4, 0.5) is 0 Å². The van der Waals surface area contributed by atoms with E-state index in [2.05, 4.69) is 0 Å². The Bertz CT molecular complexity index is 384. The van der Waals surface area contributed by atoms with E-state index in [1.807, 2.05) is 6.92 Å². The Hall–Kier alpha value is -1.20. The number of hydrogen-bond acceptors (Lipinski definition) is 5. The van der Waals surface area contributed by atoms with Crippen molar-refractivity contribution in [1.82, 2.24) is 0 Å². The van der Waals surface area contributed by atoms with Gasteiger partial charge in [-0.25, -0.2) is 4.79 Å². The number of carbonyl (C=O) groups excluding carboxylic acids is 2. The first-order valence-corrected chi connectivity index (χ1v) is 5.88. The third kappa shape index (κ3) is 2.12. The number of cyclic esters (lactones) is 1. The Morgan fingerprint density at radius 3 is 2.65 bits per heavy atom. The molecule has 2 N–H and O–H groups in total. The van der Waals surface area contributed by atoms with Crippen LogP contribution in [0.15, 0.2) is 11.1 Å². The molecule has 0 spiro atoms. The standard InChI is InChI=1S/C12H16O5/c1-2-3-6-4-7-8(13)5-9(14)11(15)10(7)12(16)17-6/h6,9,11,14-15H,2-5H2,1H3. The first kappa shape index (κ1) is 12.3. The van der Waals surface area contributed by atoms with Crippen LogP contribution in [0.2, 0.25) is 0 Å². The Morgan fingerprint density at radius 1 is 1.29 bits per heavy atom. The molecule has 3 atom stereocenters. The summed E-state index contributed by atoms with van der Waals surface area (Å²) in [5.41, 5.74) is 0.304. The normalized spacial score (nSPS) is 33.5. The molecule has 1 heterocycles. The number of carbonyl (C=O) groups is 2. The van der Waals surface area contributed by atoms with Gasteiger partial charge in [0.05, 0.1) is 11.7 Å². The zero-order valence-electron chi connectivity index (χ0n) is 9.68. The predicted molar refractivity (Wildman–Crippen MR) is 58.1 cm³/mol. The maximum Gasteiger partial charge on any atom is 0.337 e. The predicted octanol–water partition coefficient (Wildman–Crippen LogP) is 0.0932. The van der Waals surface area contributed by atoms with Crippen LogP contribution in [0.1, 0.15) is 32.6 Å². The average Bonchev–Trinajstić information content (AvgIpc) is 2.26. The van der Waals surface area contributed by atoms with Crippen molar-refractivity contribution >= 4 is 11.8 Å². The highest BCUT2D eigenvalue weighted by atomic mass is 16.5. The Kier molecular flexibility index (Phi) is 3.31. The SMILES string of the molecule is CCCC1CC2=C(C(=O)O1)C(O)C(O)CC2=O. The second kappa shape index (κ2) is 4.58. The molecule has 17 heavy (non-hydrogen) atoms. The maximum absolute atomic E-state index is 11.7. The number of ether oxygens (including phenoxy) is 1. The molecule has 5 nitrogen and oxygen atoms in total. The number of aliphatic hydroxyl groups is 2. The summed E-state index contributed by atoms with van der Waals surface area (Å²) in [7, 11) is 0. The monoisotopic (exact) mass is 240 g/mol. The fraction of sp³-hybridized carbons (Fsp3) is 0.667. The lowest BCUT2D eigenvalue weighted by Crippen LogP contribution is -2.44. The first-order chi connectivity index (χ1) is 8.04. The van der Waals surface area contributed by atoms with Crippen LogP contribution in [0, 0.1) is 0 Å². The van der Waals surface area contributed by atoms with E-state index in [-0.39, 0.29) is 23.9 Å². The summed E-state index contributed by atoms with van der Waals surface area (Å²) in [6.45, 7) is 1.97. The highest BCUT2D eigenvalue weighted by molar-refractivity contribution is 6.07. The van der Waals surface area contributed by atoms with Crippen molar-refractivity contribution in [2.75, 3.05) is 0 Å². The molecular formula is C12H16O5. The Labute approximate surface area is 99.1 Å². The minimum atomic E-state index is -1.29. The van der Waals surface area contributed by atoms with E-state index in [1.165, 1.54) is 0 Å². The average molecular weight is 240 g/mol. The summed E-state index contributed by atoms with van der Waals surface area (Å²) < 4.78 is 5.14. The second-order valence-electron chi connectivity index (χ2n) is 4.55. The summed E-state index contributed by atoms with van der Waals surface area (Å²) >= 11 is 0. The molecule has 94 valence electrons. The van der Waals surface area contributed by atoms with Crippen molar-refractivity contribution in [3.63, 3.8) is 0 Å². The van der Waals surface area contributed by atoms with Crippen molar-refractivity contribution in [2.45, 2.75) is 50.9 Å². The van der Waals surface area contributed by atoms with Crippen molar-refractivity contribution in [3.8, 4) is 0 Å². The third-order valence-corrected chi connectivity index (χ3v) is 3.25. The fourth-order valence-corrected chi connectivity index (χ4v) is 2.38. The molecule has 0 saturated heterocycles. The molecule has 0 radical (unpaired) electrons. The van der Waals surface area contributed by atoms with Crippen LogP contribution in [-0.2, 0) is 14.3 Å². The lowest BCUT2D eigenvalue weighted by Gasteiger charge is -2.33. The topological polar surface area (TPSA) is 83.8 Å².